The van der Waals surface area contributed by atoms with Crippen LogP contribution in [0.25, 0.3) is 0 Å². The fourth-order valence-electron chi connectivity index (χ4n) is 2.37. The first kappa shape index (κ1) is 17.0. The Morgan fingerprint density at radius 1 is 1.45 bits per heavy atom. The first-order valence-corrected chi connectivity index (χ1v) is 9.17. The van der Waals surface area contributed by atoms with Crippen molar-refractivity contribution in [3.63, 3.8) is 0 Å². The van der Waals surface area contributed by atoms with Gasteiger partial charge in [-0.15, -0.1) is 0 Å². The van der Waals surface area contributed by atoms with E-state index in [1.54, 1.807) is 12.3 Å². The van der Waals surface area contributed by atoms with Gasteiger partial charge in [0.1, 0.15) is 6.10 Å². The lowest BCUT2D eigenvalue weighted by molar-refractivity contribution is 0.123. The summed E-state index contributed by atoms with van der Waals surface area (Å²) >= 11 is 0. The molecule has 124 valence electrons. The van der Waals surface area contributed by atoms with Crippen LogP contribution in [0.1, 0.15) is 32.6 Å². The topological polar surface area (TPSA) is 81.6 Å². The van der Waals surface area contributed by atoms with E-state index in [2.05, 4.69) is 9.97 Å². The quantitative estimate of drug-likeness (QED) is 0.753. The largest absolute Gasteiger partial charge is 0.473 e. The number of piperidine rings is 1. The van der Waals surface area contributed by atoms with Crippen molar-refractivity contribution in [2.75, 3.05) is 26.0 Å². The van der Waals surface area contributed by atoms with Gasteiger partial charge >= 0.3 is 6.01 Å². The molecule has 22 heavy (non-hydrogen) atoms. The summed E-state index contributed by atoms with van der Waals surface area (Å²) in [6.45, 7) is 2.93. The van der Waals surface area contributed by atoms with Crippen LogP contribution in [0.2, 0.25) is 0 Å². The first-order valence-electron chi connectivity index (χ1n) is 7.56. The van der Waals surface area contributed by atoms with Crippen molar-refractivity contribution >= 4 is 10.0 Å². The second-order valence-electron chi connectivity index (χ2n) is 5.29. The van der Waals surface area contributed by atoms with Gasteiger partial charge < -0.3 is 9.47 Å². The van der Waals surface area contributed by atoms with Crippen molar-refractivity contribution in [3.8, 4) is 11.9 Å². The zero-order valence-corrected chi connectivity index (χ0v) is 13.9. The van der Waals surface area contributed by atoms with E-state index in [4.69, 9.17) is 9.47 Å². The Hall–Kier alpha value is -1.41. The van der Waals surface area contributed by atoms with E-state index in [1.807, 2.05) is 6.92 Å². The second-order valence-corrected chi connectivity index (χ2v) is 7.38. The van der Waals surface area contributed by atoms with E-state index in [-0.39, 0.29) is 17.9 Å². The van der Waals surface area contributed by atoms with E-state index in [0.29, 0.717) is 25.4 Å². The molecule has 0 spiro atoms. The molecule has 1 saturated heterocycles. The molecule has 2 rings (SSSR count). The van der Waals surface area contributed by atoms with Crippen LogP contribution in [-0.2, 0) is 10.0 Å². The van der Waals surface area contributed by atoms with E-state index in [9.17, 15) is 8.42 Å². The van der Waals surface area contributed by atoms with Gasteiger partial charge in [0.15, 0.2) is 0 Å². The Morgan fingerprint density at radius 2 is 2.27 bits per heavy atom. The Balaban J connectivity index is 1.98. The molecule has 0 N–H and O–H groups in total. The molecule has 1 fully saturated rings. The minimum Gasteiger partial charge on any atom is -0.473 e. The summed E-state index contributed by atoms with van der Waals surface area (Å²) in [5.41, 5.74) is 0. The highest BCUT2D eigenvalue weighted by Crippen LogP contribution is 2.20. The molecule has 2 heterocycles. The van der Waals surface area contributed by atoms with Crippen LogP contribution >= 0.6 is 0 Å². The van der Waals surface area contributed by atoms with Crippen molar-refractivity contribution in [2.45, 2.75) is 38.7 Å². The van der Waals surface area contributed by atoms with E-state index in [1.165, 1.54) is 11.4 Å². The van der Waals surface area contributed by atoms with Gasteiger partial charge in [-0.1, -0.05) is 13.3 Å². The van der Waals surface area contributed by atoms with Gasteiger partial charge in [-0.25, -0.2) is 13.4 Å². The van der Waals surface area contributed by atoms with Gasteiger partial charge in [0.2, 0.25) is 15.9 Å². The van der Waals surface area contributed by atoms with Gasteiger partial charge in [-0.2, -0.15) is 9.29 Å². The first-order chi connectivity index (χ1) is 10.5. The van der Waals surface area contributed by atoms with Gasteiger partial charge in [0, 0.05) is 18.8 Å². The van der Waals surface area contributed by atoms with Gasteiger partial charge in [-0.05, 0) is 19.3 Å². The van der Waals surface area contributed by atoms with Crippen LogP contribution in [-0.4, -0.2) is 54.7 Å². The summed E-state index contributed by atoms with van der Waals surface area (Å²) in [7, 11) is -1.70. The van der Waals surface area contributed by atoms with Crippen LogP contribution < -0.4 is 9.47 Å². The lowest BCUT2D eigenvalue weighted by atomic mass is 10.1. The average molecular weight is 329 g/mol. The Kier molecular flexibility index (Phi) is 5.96. The minimum absolute atomic E-state index is 0.190. The van der Waals surface area contributed by atoms with Crippen molar-refractivity contribution in [1.29, 1.82) is 0 Å². The Labute approximate surface area is 131 Å². The Bertz CT molecular complexity index is 579. The van der Waals surface area contributed by atoms with Gasteiger partial charge in [0.05, 0.1) is 19.4 Å². The van der Waals surface area contributed by atoms with Crippen molar-refractivity contribution in [2.24, 2.45) is 0 Å². The number of ether oxygens (including phenoxy) is 2. The molecular weight excluding hydrogens is 306 g/mol. The maximum absolute atomic E-state index is 12.3. The summed E-state index contributed by atoms with van der Waals surface area (Å²) in [4.78, 5) is 8.02. The van der Waals surface area contributed by atoms with Gasteiger partial charge in [-0.3, -0.25) is 0 Å². The maximum atomic E-state index is 12.3. The summed E-state index contributed by atoms with van der Waals surface area (Å²) in [5.74, 6) is 0.613. The number of rotatable bonds is 7. The van der Waals surface area contributed by atoms with Crippen molar-refractivity contribution in [3.05, 3.63) is 12.3 Å². The molecule has 1 unspecified atom stereocenters. The standard InChI is InChI=1S/C14H23N3O4S/c1-3-4-10-22(18,19)17-9-5-6-12(11-17)21-13-7-8-15-14(16-13)20-2/h7-8,12H,3-6,9-11H2,1-2H3. The predicted octanol–water partition coefficient (Wildman–Crippen LogP) is 1.46. The molecular formula is C14H23N3O4S. The fraction of sp³-hybridized carbons (Fsp3) is 0.714. The third kappa shape index (κ3) is 4.54. The zero-order chi connectivity index (χ0) is 16.0. The number of nitrogens with zero attached hydrogens (tertiary/aromatic N) is 3. The molecule has 0 aromatic carbocycles. The van der Waals surface area contributed by atoms with Gasteiger partial charge in [0.25, 0.3) is 0 Å². The van der Waals surface area contributed by atoms with Crippen LogP contribution in [0.3, 0.4) is 0 Å². The maximum Gasteiger partial charge on any atom is 0.319 e. The fourth-order valence-corrected chi connectivity index (χ4v) is 4.08. The van der Waals surface area contributed by atoms with E-state index < -0.39 is 10.0 Å². The molecule has 1 aliphatic rings. The zero-order valence-electron chi connectivity index (χ0n) is 13.1. The third-order valence-corrected chi connectivity index (χ3v) is 5.49. The van der Waals surface area contributed by atoms with Crippen LogP contribution in [0.5, 0.6) is 11.9 Å². The molecule has 8 heteroatoms. The van der Waals surface area contributed by atoms with E-state index >= 15 is 0 Å². The summed E-state index contributed by atoms with van der Waals surface area (Å²) in [6.07, 6.45) is 4.52. The number of sulfonamides is 1. The third-order valence-electron chi connectivity index (χ3n) is 3.57. The molecule has 1 aromatic heterocycles. The van der Waals surface area contributed by atoms with Crippen molar-refractivity contribution in [1.82, 2.24) is 14.3 Å². The molecule has 7 nitrogen and oxygen atoms in total. The highest BCUT2D eigenvalue weighted by atomic mass is 32.2. The van der Waals surface area contributed by atoms with E-state index in [0.717, 1.165) is 19.3 Å². The summed E-state index contributed by atoms with van der Waals surface area (Å²) in [6, 6.07) is 1.88. The molecule has 0 amide bonds. The number of methoxy groups -OCH3 is 1. The number of hydrogen-bond donors (Lipinski definition) is 0. The molecule has 1 atom stereocenters. The van der Waals surface area contributed by atoms with Crippen LogP contribution in [0.4, 0.5) is 0 Å². The monoisotopic (exact) mass is 329 g/mol. The normalized spacial score (nSPS) is 19.8. The summed E-state index contributed by atoms with van der Waals surface area (Å²) in [5, 5.41) is 0. The smallest absolute Gasteiger partial charge is 0.319 e. The minimum atomic E-state index is -3.19. The predicted molar refractivity (Wildman–Crippen MR) is 82.5 cm³/mol. The van der Waals surface area contributed by atoms with Crippen LogP contribution in [0.15, 0.2) is 12.3 Å². The number of aromatic nitrogens is 2. The highest BCUT2D eigenvalue weighted by molar-refractivity contribution is 7.89. The number of unbranched alkanes of at least 4 members (excludes halogenated alkanes) is 1. The Morgan fingerprint density at radius 3 is 3.00 bits per heavy atom. The van der Waals surface area contributed by atoms with Crippen molar-refractivity contribution < 1.29 is 17.9 Å². The molecule has 1 aliphatic heterocycles. The molecule has 0 radical (unpaired) electrons. The highest BCUT2D eigenvalue weighted by Gasteiger charge is 2.29. The summed E-state index contributed by atoms with van der Waals surface area (Å²) < 4.78 is 36.8. The molecule has 1 aromatic rings. The molecule has 0 aliphatic carbocycles. The lowest BCUT2D eigenvalue weighted by Gasteiger charge is -2.31. The second kappa shape index (κ2) is 7.73. The average Bonchev–Trinajstić information content (AvgIpc) is 2.53. The molecule has 0 saturated carbocycles. The van der Waals surface area contributed by atoms with Crippen LogP contribution in [0, 0.1) is 0 Å². The number of hydrogen-bond acceptors (Lipinski definition) is 6. The SMILES string of the molecule is CCCCS(=O)(=O)N1CCCC(Oc2ccnc(OC)n2)C1. The molecule has 0 bridgehead atoms. The lowest BCUT2D eigenvalue weighted by Crippen LogP contribution is -2.45.